The maximum Gasteiger partial charge on any atom is 0.269 e. The fraction of sp³-hybridized carbons (Fsp3) is 0. The molecule has 0 aliphatic carbocycles. The maximum atomic E-state index is 12.3. The summed E-state index contributed by atoms with van der Waals surface area (Å²) in [7, 11) is 0. The molecule has 7 heteroatoms. The van der Waals surface area contributed by atoms with Crippen molar-refractivity contribution in [1.82, 2.24) is 0 Å². The van der Waals surface area contributed by atoms with Crippen LogP contribution in [-0.4, -0.2) is 21.0 Å². The minimum atomic E-state index is -0.637. The lowest BCUT2D eigenvalue weighted by Crippen LogP contribution is -2.12. The third-order valence-electron chi connectivity index (χ3n) is 3.57. The summed E-state index contributed by atoms with van der Waals surface area (Å²) >= 11 is 0. The van der Waals surface area contributed by atoms with Crippen molar-refractivity contribution in [3.05, 3.63) is 70.3 Å². The SMILES string of the molecule is O=C(Nc1ccc([N+](=O)[O-])cc1)c1cc(O)c2ccccc2c1O. The molecule has 0 spiro atoms. The summed E-state index contributed by atoms with van der Waals surface area (Å²) < 4.78 is 0. The highest BCUT2D eigenvalue weighted by Crippen LogP contribution is 2.35. The number of carbonyl (C=O) groups is 1. The van der Waals surface area contributed by atoms with Gasteiger partial charge in [0.2, 0.25) is 0 Å². The van der Waals surface area contributed by atoms with Crippen LogP contribution in [0.25, 0.3) is 10.8 Å². The van der Waals surface area contributed by atoms with Crippen LogP contribution in [0.2, 0.25) is 0 Å². The van der Waals surface area contributed by atoms with Gasteiger partial charge in [-0.1, -0.05) is 24.3 Å². The van der Waals surface area contributed by atoms with Gasteiger partial charge in [0.15, 0.2) is 0 Å². The second-order valence-corrected chi connectivity index (χ2v) is 5.10. The van der Waals surface area contributed by atoms with Gasteiger partial charge in [-0.3, -0.25) is 14.9 Å². The Labute approximate surface area is 135 Å². The summed E-state index contributed by atoms with van der Waals surface area (Å²) in [5.41, 5.74) is 0.140. The Morgan fingerprint density at radius 3 is 2.25 bits per heavy atom. The number of nitrogens with one attached hydrogen (secondary N) is 1. The summed E-state index contributed by atoms with van der Waals surface area (Å²) in [4.78, 5) is 22.4. The number of hydrogen-bond acceptors (Lipinski definition) is 5. The molecule has 0 atom stereocenters. The van der Waals surface area contributed by atoms with Gasteiger partial charge in [-0.2, -0.15) is 0 Å². The number of phenolic OH excluding ortho intramolecular Hbond substituents is 2. The van der Waals surface area contributed by atoms with Crippen molar-refractivity contribution in [2.75, 3.05) is 5.32 Å². The zero-order valence-electron chi connectivity index (χ0n) is 12.3. The first kappa shape index (κ1) is 15.3. The van der Waals surface area contributed by atoms with Gasteiger partial charge in [0.05, 0.1) is 10.5 Å². The van der Waals surface area contributed by atoms with Crippen LogP contribution in [0.15, 0.2) is 54.6 Å². The first-order valence-electron chi connectivity index (χ1n) is 6.97. The molecule has 0 heterocycles. The van der Waals surface area contributed by atoms with Crippen molar-refractivity contribution in [2.24, 2.45) is 0 Å². The predicted octanol–water partition coefficient (Wildman–Crippen LogP) is 3.41. The number of carbonyl (C=O) groups excluding carboxylic acids is 1. The van der Waals surface area contributed by atoms with E-state index in [9.17, 15) is 25.1 Å². The molecule has 0 aliphatic heterocycles. The average Bonchev–Trinajstić information content (AvgIpc) is 2.58. The number of nitro benzene ring substituents is 1. The van der Waals surface area contributed by atoms with Crippen molar-refractivity contribution in [1.29, 1.82) is 0 Å². The second kappa shape index (κ2) is 5.88. The van der Waals surface area contributed by atoms with Crippen LogP contribution in [0.3, 0.4) is 0 Å². The molecule has 120 valence electrons. The third kappa shape index (κ3) is 2.70. The Hall–Kier alpha value is -3.61. The molecule has 0 bridgehead atoms. The number of benzene rings is 3. The highest BCUT2D eigenvalue weighted by molar-refractivity contribution is 6.11. The minimum absolute atomic E-state index is 0.0930. The number of fused-ring (bicyclic) bond motifs is 1. The summed E-state index contributed by atoms with van der Waals surface area (Å²) in [6.07, 6.45) is 0. The van der Waals surface area contributed by atoms with Crippen LogP contribution in [0, 0.1) is 10.1 Å². The number of amides is 1. The molecule has 0 fully saturated rings. The number of aromatic hydroxyl groups is 2. The number of non-ortho nitro benzene ring substituents is 1. The molecular formula is C17H12N2O5. The highest BCUT2D eigenvalue weighted by Gasteiger charge is 2.17. The molecule has 0 saturated heterocycles. The Bertz CT molecular complexity index is 951. The molecule has 0 saturated carbocycles. The first-order valence-corrected chi connectivity index (χ1v) is 6.97. The van der Waals surface area contributed by atoms with Crippen LogP contribution < -0.4 is 5.32 Å². The summed E-state index contributed by atoms with van der Waals surface area (Å²) in [6.45, 7) is 0. The molecule has 3 N–H and O–H groups in total. The van der Waals surface area contributed by atoms with Crippen LogP contribution >= 0.6 is 0 Å². The first-order chi connectivity index (χ1) is 11.5. The number of nitro groups is 1. The molecule has 3 aromatic rings. The lowest BCUT2D eigenvalue weighted by molar-refractivity contribution is -0.384. The highest BCUT2D eigenvalue weighted by atomic mass is 16.6. The largest absolute Gasteiger partial charge is 0.507 e. The maximum absolute atomic E-state index is 12.3. The van der Waals surface area contributed by atoms with E-state index in [0.717, 1.165) is 0 Å². The monoisotopic (exact) mass is 324 g/mol. The van der Waals surface area contributed by atoms with Gasteiger partial charge in [-0.25, -0.2) is 0 Å². The minimum Gasteiger partial charge on any atom is -0.507 e. The number of nitrogens with zero attached hydrogens (tertiary/aromatic N) is 1. The normalized spacial score (nSPS) is 10.5. The summed E-state index contributed by atoms with van der Waals surface area (Å²) in [5, 5.41) is 34.2. The third-order valence-corrected chi connectivity index (χ3v) is 3.57. The van der Waals surface area contributed by atoms with Gasteiger partial charge in [-0.05, 0) is 18.2 Å². The fourth-order valence-electron chi connectivity index (χ4n) is 2.38. The zero-order valence-corrected chi connectivity index (χ0v) is 12.3. The standard InChI is InChI=1S/C17H12N2O5/c20-15-9-14(16(21)13-4-2-1-3-12(13)15)17(22)18-10-5-7-11(8-6-10)19(23)24/h1-9,20-21H,(H,18,22). The van der Waals surface area contributed by atoms with Crippen molar-refractivity contribution in [3.63, 3.8) is 0 Å². The van der Waals surface area contributed by atoms with E-state index >= 15 is 0 Å². The van der Waals surface area contributed by atoms with Gasteiger partial charge in [0, 0.05) is 28.6 Å². The lowest BCUT2D eigenvalue weighted by atomic mass is 10.0. The van der Waals surface area contributed by atoms with Crippen LogP contribution in [0.4, 0.5) is 11.4 Å². The Morgan fingerprint density at radius 1 is 1.00 bits per heavy atom. The van der Waals surface area contributed by atoms with E-state index in [1.54, 1.807) is 24.3 Å². The molecular weight excluding hydrogens is 312 g/mol. The molecule has 7 nitrogen and oxygen atoms in total. The Morgan fingerprint density at radius 2 is 1.62 bits per heavy atom. The molecule has 3 rings (SSSR count). The number of phenols is 2. The van der Waals surface area contributed by atoms with Gasteiger partial charge in [0.25, 0.3) is 11.6 Å². The Kier molecular flexibility index (Phi) is 3.75. The zero-order chi connectivity index (χ0) is 17.3. The smallest absolute Gasteiger partial charge is 0.269 e. The van der Waals surface area contributed by atoms with Crippen molar-refractivity contribution < 1.29 is 19.9 Å². The van der Waals surface area contributed by atoms with Crippen LogP contribution in [0.5, 0.6) is 11.5 Å². The van der Waals surface area contributed by atoms with E-state index in [1.165, 1.54) is 30.3 Å². The number of rotatable bonds is 3. The average molecular weight is 324 g/mol. The number of hydrogen-bond donors (Lipinski definition) is 3. The van der Waals surface area contributed by atoms with E-state index in [-0.39, 0.29) is 22.7 Å². The van der Waals surface area contributed by atoms with Crippen molar-refractivity contribution in [3.8, 4) is 11.5 Å². The van der Waals surface area contributed by atoms with Gasteiger partial charge >= 0.3 is 0 Å². The predicted molar refractivity (Wildman–Crippen MR) is 88.3 cm³/mol. The molecule has 0 radical (unpaired) electrons. The number of anilines is 1. The molecule has 0 unspecified atom stereocenters. The van der Waals surface area contributed by atoms with Crippen LogP contribution in [-0.2, 0) is 0 Å². The molecule has 24 heavy (non-hydrogen) atoms. The summed E-state index contributed by atoms with van der Waals surface area (Å²) in [5.74, 6) is -1.01. The molecule has 1 amide bonds. The van der Waals surface area contributed by atoms with Crippen LogP contribution in [0.1, 0.15) is 10.4 Å². The fourth-order valence-corrected chi connectivity index (χ4v) is 2.38. The quantitative estimate of drug-likeness (QED) is 0.388. The van der Waals surface area contributed by atoms with Crippen molar-refractivity contribution >= 4 is 28.1 Å². The van der Waals surface area contributed by atoms with E-state index in [0.29, 0.717) is 16.5 Å². The van der Waals surface area contributed by atoms with E-state index in [2.05, 4.69) is 5.32 Å². The van der Waals surface area contributed by atoms with Gasteiger partial charge in [0.1, 0.15) is 11.5 Å². The van der Waals surface area contributed by atoms with Crippen molar-refractivity contribution in [2.45, 2.75) is 0 Å². The van der Waals surface area contributed by atoms with E-state index in [1.807, 2.05) is 0 Å². The summed E-state index contributed by atoms with van der Waals surface area (Å²) in [6, 6.07) is 13.1. The lowest BCUT2D eigenvalue weighted by Gasteiger charge is -2.10. The topological polar surface area (TPSA) is 113 Å². The van der Waals surface area contributed by atoms with Gasteiger partial charge < -0.3 is 15.5 Å². The molecule has 3 aromatic carbocycles. The molecule has 0 aliphatic rings. The Balaban J connectivity index is 1.94. The van der Waals surface area contributed by atoms with E-state index in [4.69, 9.17) is 0 Å². The van der Waals surface area contributed by atoms with E-state index < -0.39 is 10.8 Å². The second-order valence-electron chi connectivity index (χ2n) is 5.10. The molecule has 0 aromatic heterocycles. The van der Waals surface area contributed by atoms with Gasteiger partial charge in [-0.15, -0.1) is 0 Å².